The summed E-state index contributed by atoms with van der Waals surface area (Å²) in [4.78, 5) is 15.7. The van der Waals surface area contributed by atoms with Crippen molar-refractivity contribution in [2.24, 2.45) is 5.92 Å². The second-order valence-electron chi connectivity index (χ2n) is 5.80. The Morgan fingerprint density at radius 3 is 2.53 bits per heavy atom. The second kappa shape index (κ2) is 5.58. The topological polar surface area (TPSA) is 20.3 Å². The molecule has 0 bridgehead atoms. The van der Waals surface area contributed by atoms with E-state index in [-0.39, 0.29) is 5.91 Å². The molecule has 0 spiro atoms. The minimum absolute atomic E-state index is 0.213. The predicted molar refractivity (Wildman–Crippen MR) is 79.7 cm³/mol. The number of amides is 1. The molecule has 0 aromatic heterocycles. The van der Waals surface area contributed by atoms with Crippen molar-refractivity contribution >= 4 is 18.5 Å². The zero-order valence-electron chi connectivity index (χ0n) is 11.2. The molecule has 0 unspecified atom stereocenters. The van der Waals surface area contributed by atoms with E-state index in [0.29, 0.717) is 6.04 Å². The van der Waals surface area contributed by atoms with Crippen LogP contribution in [0.3, 0.4) is 0 Å². The van der Waals surface area contributed by atoms with Crippen LogP contribution >= 0.6 is 12.6 Å². The van der Waals surface area contributed by atoms with Gasteiger partial charge in [-0.05, 0) is 55.9 Å². The molecular formula is C16H21NOS. The van der Waals surface area contributed by atoms with Crippen molar-refractivity contribution in [3.05, 3.63) is 29.8 Å². The maximum Gasteiger partial charge on any atom is 0.254 e. The van der Waals surface area contributed by atoms with Gasteiger partial charge in [-0.15, -0.1) is 12.6 Å². The van der Waals surface area contributed by atoms with Crippen molar-refractivity contribution in [3.8, 4) is 0 Å². The molecule has 0 N–H and O–H groups in total. The molecule has 19 heavy (non-hydrogen) atoms. The van der Waals surface area contributed by atoms with Gasteiger partial charge in [-0.2, -0.15) is 0 Å². The molecule has 1 aliphatic carbocycles. The molecule has 1 aliphatic heterocycles. The number of rotatable bonds is 1. The fraction of sp³-hybridized carbons (Fsp3) is 0.562. The SMILES string of the molecule is O=C(c1ccc(S)cc1)N1CCC[C@H]2CCCC[C@H]21. The molecule has 3 heteroatoms. The lowest BCUT2D eigenvalue weighted by Gasteiger charge is -2.44. The summed E-state index contributed by atoms with van der Waals surface area (Å²) in [5.74, 6) is 0.959. The van der Waals surface area contributed by atoms with E-state index >= 15 is 0 Å². The number of carbonyl (C=O) groups is 1. The highest BCUT2D eigenvalue weighted by Crippen LogP contribution is 2.35. The smallest absolute Gasteiger partial charge is 0.254 e. The van der Waals surface area contributed by atoms with E-state index in [1.165, 1.54) is 32.1 Å². The van der Waals surface area contributed by atoms with E-state index in [1.807, 2.05) is 24.3 Å². The van der Waals surface area contributed by atoms with Crippen LogP contribution in [0.4, 0.5) is 0 Å². The molecule has 1 aromatic carbocycles. The minimum Gasteiger partial charge on any atom is -0.335 e. The summed E-state index contributed by atoms with van der Waals surface area (Å²) in [6, 6.07) is 8.09. The average Bonchev–Trinajstić information content (AvgIpc) is 2.47. The normalized spacial score (nSPS) is 26.9. The minimum atomic E-state index is 0.213. The fourth-order valence-electron chi connectivity index (χ4n) is 3.65. The van der Waals surface area contributed by atoms with Gasteiger partial charge in [0.25, 0.3) is 5.91 Å². The maximum absolute atomic E-state index is 12.7. The van der Waals surface area contributed by atoms with Gasteiger partial charge in [0.05, 0.1) is 0 Å². The van der Waals surface area contributed by atoms with Crippen LogP contribution in [-0.4, -0.2) is 23.4 Å². The Hall–Kier alpha value is -0.960. The molecule has 102 valence electrons. The van der Waals surface area contributed by atoms with E-state index in [4.69, 9.17) is 0 Å². The van der Waals surface area contributed by atoms with Crippen LogP contribution in [0.25, 0.3) is 0 Å². The van der Waals surface area contributed by atoms with Crippen molar-refractivity contribution in [1.82, 2.24) is 4.90 Å². The van der Waals surface area contributed by atoms with E-state index in [1.54, 1.807) is 0 Å². The van der Waals surface area contributed by atoms with Crippen LogP contribution in [0.1, 0.15) is 48.9 Å². The number of fused-ring (bicyclic) bond motifs is 1. The Bertz CT molecular complexity index is 454. The van der Waals surface area contributed by atoms with Crippen LogP contribution in [0.2, 0.25) is 0 Å². The van der Waals surface area contributed by atoms with Crippen molar-refractivity contribution in [2.75, 3.05) is 6.54 Å². The summed E-state index contributed by atoms with van der Waals surface area (Å²) >= 11 is 4.28. The monoisotopic (exact) mass is 275 g/mol. The van der Waals surface area contributed by atoms with Gasteiger partial charge in [-0.25, -0.2) is 0 Å². The molecule has 2 nitrogen and oxygen atoms in total. The number of carbonyl (C=O) groups excluding carboxylic acids is 1. The summed E-state index contributed by atoms with van der Waals surface area (Å²) in [5, 5.41) is 0. The first-order valence-electron chi connectivity index (χ1n) is 7.36. The van der Waals surface area contributed by atoms with Gasteiger partial charge >= 0.3 is 0 Å². The van der Waals surface area contributed by atoms with Crippen LogP contribution in [0.5, 0.6) is 0 Å². The third kappa shape index (κ3) is 2.66. The van der Waals surface area contributed by atoms with Crippen molar-refractivity contribution in [3.63, 3.8) is 0 Å². The first kappa shape index (κ1) is 13.0. The summed E-state index contributed by atoms with van der Waals surface area (Å²) in [7, 11) is 0. The number of piperidine rings is 1. The lowest BCUT2D eigenvalue weighted by molar-refractivity contribution is 0.0390. The molecule has 3 rings (SSSR count). The molecule has 1 saturated carbocycles. The van der Waals surface area contributed by atoms with E-state index in [9.17, 15) is 4.79 Å². The van der Waals surface area contributed by atoms with Crippen LogP contribution in [0, 0.1) is 5.92 Å². The van der Waals surface area contributed by atoms with E-state index in [0.717, 1.165) is 29.3 Å². The van der Waals surface area contributed by atoms with Gasteiger partial charge in [-0.1, -0.05) is 12.8 Å². The lowest BCUT2D eigenvalue weighted by Crippen LogP contribution is -2.49. The second-order valence-corrected chi connectivity index (χ2v) is 6.32. The largest absolute Gasteiger partial charge is 0.335 e. The van der Waals surface area contributed by atoms with Crippen molar-refractivity contribution in [1.29, 1.82) is 0 Å². The Balaban J connectivity index is 1.79. The molecular weight excluding hydrogens is 254 g/mol. The third-order valence-corrected chi connectivity index (χ3v) is 4.92. The fourth-order valence-corrected chi connectivity index (χ4v) is 3.80. The summed E-state index contributed by atoms with van der Waals surface area (Å²) in [6.07, 6.45) is 7.60. The van der Waals surface area contributed by atoms with Gasteiger partial charge in [0, 0.05) is 23.0 Å². The van der Waals surface area contributed by atoms with Crippen molar-refractivity contribution < 1.29 is 4.79 Å². The predicted octanol–water partition coefficient (Wildman–Crippen LogP) is 3.77. The number of hydrogen-bond acceptors (Lipinski definition) is 2. The summed E-state index contributed by atoms with van der Waals surface area (Å²) in [6.45, 7) is 0.933. The van der Waals surface area contributed by atoms with Gasteiger partial charge in [0.2, 0.25) is 0 Å². The Labute approximate surface area is 120 Å². The first-order chi connectivity index (χ1) is 9.25. The molecule has 2 atom stereocenters. The van der Waals surface area contributed by atoms with Crippen LogP contribution in [-0.2, 0) is 0 Å². The van der Waals surface area contributed by atoms with Crippen LogP contribution in [0.15, 0.2) is 29.2 Å². The quantitative estimate of drug-likeness (QED) is 0.774. The van der Waals surface area contributed by atoms with Crippen molar-refractivity contribution in [2.45, 2.75) is 49.5 Å². The highest BCUT2D eigenvalue weighted by molar-refractivity contribution is 7.80. The molecule has 2 fully saturated rings. The van der Waals surface area contributed by atoms with Gasteiger partial charge in [0.1, 0.15) is 0 Å². The lowest BCUT2D eigenvalue weighted by atomic mass is 9.78. The summed E-state index contributed by atoms with van der Waals surface area (Å²) < 4.78 is 0. The average molecular weight is 275 g/mol. The van der Waals surface area contributed by atoms with Crippen LogP contribution < -0.4 is 0 Å². The van der Waals surface area contributed by atoms with E-state index in [2.05, 4.69) is 17.5 Å². The molecule has 1 saturated heterocycles. The number of nitrogens with zero attached hydrogens (tertiary/aromatic N) is 1. The van der Waals surface area contributed by atoms with Gasteiger partial charge in [0.15, 0.2) is 0 Å². The Morgan fingerprint density at radius 2 is 1.74 bits per heavy atom. The zero-order valence-corrected chi connectivity index (χ0v) is 12.1. The maximum atomic E-state index is 12.7. The van der Waals surface area contributed by atoms with Gasteiger partial charge in [-0.3, -0.25) is 4.79 Å². The molecule has 1 aromatic rings. The highest BCUT2D eigenvalue weighted by atomic mass is 32.1. The van der Waals surface area contributed by atoms with E-state index < -0.39 is 0 Å². The third-order valence-electron chi connectivity index (χ3n) is 4.62. The Kier molecular flexibility index (Phi) is 3.83. The molecule has 1 amide bonds. The standard InChI is InChI=1S/C16H21NOS/c18-16(13-7-9-14(19)10-8-13)17-11-3-5-12-4-1-2-6-15(12)17/h7-10,12,15,19H,1-6,11H2/t12-,15-/m1/s1. The summed E-state index contributed by atoms with van der Waals surface area (Å²) in [5.41, 5.74) is 0.809. The highest BCUT2D eigenvalue weighted by Gasteiger charge is 2.35. The number of benzene rings is 1. The molecule has 0 radical (unpaired) electrons. The number of thiol groups is 1. The Morgan fingerprint density at radius 1 is 1.05 bits per heavy atom. The number of hydrogen-bond donors (Lipinski definition) is 1. The molecule has 2 aliphatic rings. The molecule has 1 heterocycles. The number of likely N-dealkylation sites (tertiary alicyclic amines) is 1. The first-order valence-corrected chi connectivity index (χ1v) is 7.80. The van der Waals surface area contributed by atoms with Gasteiger partial charge < -0.3 is 4.90 Å². The zero-order chi connectivity index (χ0) is 13.2.